The van der Waals surface area contributed by atoms with Crippen molar-refractivity contribution in [3.05, 3.63) is 95.6 Å². The molecule has 3 aromatic rings. The average molecular weight is 486 g/mol. The predicted octanol–water partition coefficient (Wildman–Crippen LogP) is 5.50. The Morgan fingerprint density at radius 3 is 2.17 bits per heavy atom. The quantitative estimate of drug-likeness (QED) is 0.405. The molecule has 36 heavy (non-hydrogen) atoms. The van der Waals surface area contributed by atoms with Crippen molar-refractivity contribution in [2.75, 3.05) is 19.8 Å². The Balaban J connectivity index is 1.15. The minimum atomic E-state index is -1.03. The van der Waals surface area contributed by atoms with Gasteiger partial charge in [0.25, 0.3) is 0 Å². The van der Waals surface area contributed by atoms with E-state index in [4.69, 9.17) is 9.47 Å². The summed E-state index contributed by atoms with van der Waals surface area (Å²) >= 11 is 0. The van der Waals surface area contributed by atoms with Crippen LogP contribution >= 0.6 is 0 Å². The van der Waals surface area contributed by atoms with E-state index < -0.39 is 18.1 Å². The highest BCUT2D eigenvalue weighted by Gasteiger charge is 2.41. The van der Waals surface area contributed by atoms with Gasteiger partial charge in [0.05, 0.1) is 12.6 Å². The van der Waals surface area contributed by atoms with Gasteiger partial charge >= 0.3 is 12.1 Å². The van der Waals surface area contributed by atoms with E-state index in [1.807, 2.05) is 42.5 Å². The van der Waals surface area contributed by atoms with E-state index in [-0.39, 0.29) is 31.6 Å². The Morgan fingerprint density at radius 1 is 0.861 bits per heavy atom. The van der Waals surface area contributed by atoms with Crippen LogP contribution in [0.5, 0.6) is 0 Å². The Labute approximate surface area is 211 Å². The van der Waals surface area contributed by atoms with E-state index in [0.29, 0.717) is 6.61 Å². The molecule has 1 saturated heterocycles. The van der Waals surface area contributed by atoms with Gasteiger partial charge in [-0.25, -0.2) is 9.59 Å². The number of hydrogen-bond acceptors (Lipinski definition) is 4. The second kappa shape index (κ2) is 11.0. The zero-order chi connectivity index (χ0) is 24.9. The number of likely N-dealkylation sites (tertiary alicyclic amines) is 1. The summed E-state index contributed by atoms with van der Waals surface area (Å²) in [5, 5.41) is 9.72. The second-order valence-corrected chi connectivity index (χ2v) is 9.48. The van der Waals surface area contributed by atoms with Crippen LogP contribution in [0, 0.1) is 0 Å². The number of rotatable bonds is 9. The van der Waals surface area contributed by atoms with Crippen LogP contribution in [0.2, 0.25) is 0 Å². The van der Waals surface area contributed by atoms with E-state index in [9.17, 15) is 14.7 Å². The minimum absolute atomic E-state index is 0.0658. The number of unbranched alkanes of at least 4 members (excludes halogenated alkanes) is 1. The molecule has 1 amide bonds. The normalized spacial score (nSPS) is 18.6. The lowest BCUT2D eigenvalue weighted by atomic mass is 9.98. The molecule has 3 aromatic carbocycles. The maximum atomic E-state index is 13.0. The molecule has 1 N–H and O–H groups in total. The molecule has 0 saturated carbocycles. The van der Waals surface area contributed by atoms with Gasteiger partial charge in [0.15, 0.2) is 0 Å². The fraction of sp³-hybridized carbons (Fsp3) is 0.333. The molecule has 0 bridgehead atoms. The maximum Gasteiger partial charge on any atom is 0.410 e. The fourth-order valence-electron chi connectivity index (χ4n) is 5.36. The highest BCUT2D eigenvalue weighted by molar-refractivity contribution is 5.81. The third kappa shape index (κ3) is 5.14. The Kier molecular flexibility index (Phi) is 7.33. The van der Waals surface area contributed by atoms with E-state index in [2.05, 4.69) is 36.4 Å². The molecule has 6 nitrogen and oxygen atoms in total. The van der Waals surface area contributed by atoms with Crippen molar-refractivity contribution in [1.82, 2.24) is 4.90 Å². The highest BCUT2D eigenvalue weighted by Crippen LogP contribution is 2.44. The summed E-state index contributed by atoms with van der Waals surface area (Å²) in [4.78, 5) is 26.2. The molecule has 1 heterocycles. The zero-order valence-corrected chi connectivity index (χ0v) is 20.2. The van der Waals surface area contributed by atoms with E-state index in [0.717, 1.165) is 41.5 Å². The first-order chi connectivity index (χ1) is 17.6. The molecule has 1 fully saturated rings. The summed E-state index contributed by atoms with van der Waals surface area (Å²) < 4.78 is 11.7. The molecule has 0 spiro atoms. The van der Waals surface area contributed by atoms with Crippen molar-refractivity contribution >= 4 is 12.1 Å². The molecule has 1 aliphatic heterocycles. The second-order valence-electron chi connectivity index (χ2n) is 9.48. The third-order valence-corrected chi connectivity index (χ3v) is 7.17. The summed E-state index contributed by atoms with van der Waals surface area (Å²) in [5.74, 6) is -1.09. The van der Waals surface area contributed by atoms with Crippen LogP contribution in [-0.4, -0.2) is 54.0 Å². The van der Waals surface area contributed by atoms with Crippen LogP contribution in [-0.2, 0) is 20.7 Å². The SMILES string of the molecule is O=C(O)[C@@H]1C[C@@H](OCCCCc2ccccc2)CN1C(=O)OCC1c2ccccc2-c2ccccc21. The fourth-order valence-corrected chi connectivity index (χ4v) is 5.36. The van der Waals surface area contributed by atoms with Crippen LogP contribution in [0.1, 0.15) is 41.9 Å². The molecule has 2 atom stereocenters. The van der Waals surface area contributed by atoms with E-state index in [1.54, 1.807) is 0 Å². The summed E-state index contributed by atoms with van der Waals surface area (Å²) in [6.45, 7) is 0.940. The lowest BCUT2D eigenvalue weighted by Crippen LogP contribution is -2.41. The van der Waals surface area contributed by atoms with Gasteiger partial charge in [0, 0.05) is 18.9 Å². The van der Waals surface area contributed by atoms with Gasteiger partial charge in [-0.05, 0) is 47.1 Å². The van der Waals surface area contributed by atoms with Crippen molar-refractivity contribution in [3.8, 4) is 11.1 Å². The number of fused-ring (bicyclic) bond motifs is 3. The number of carbonyl (C=O) groups excluding carboxylic acids is 1. The molecule has 0 unspecified atom stereocenters. The molecular formula is C30H31NO5. The number of amides is 1. The third-order valence-electron chi connectivity index (χ3n) is 7.17. The van der Waals surface area contributed by atoms with Crippen LogP contribution < -0.4 is 0 Å². The average Bonchev–Trinajstić information content (AvgIpc) is 3.48. The number of nitrogens with zero attached hydrogens (tertiary/aromatic N) is 1. The monoisotopic (exact) mass is 485 g/mol. The molecule has 186 valence electrons. The maximum absolute atomic E-state index is 13.0. The number of aryl methyl sites for hydroxylation is 1. The van der Waals surface area contributed by atoms with Gasteiger partial charge in [-0.15, -0.1) is 0 Å². The molecule has 5 rings (SSSR count). The van der Waals surface area contributed by atoms with Gasteiger partial charge < -0.3 is 14.6 Å². The smallest absolute Gasteiger partial charge is 0.410 e. The first-order valence-corrected chi connectivity index (χ1v) is 12.6. The van der Waals surface area contributed by atoms with Crippen LogP contribution in [0.3, 0.4) is 0 Å². The van der Waals surface area contributed by atoms with Crippen LogP contribution in [0.25, 0.3) is 11.1 Å². The van der Waals surface area contributed by atoms with E-state index in [1.165, 1.54) is 10.5 Å². The van der Waals surface area contributed by atoms with Gasteiger partial charge in [-0.1, -0.05) is 78.9 Å². The molecule has 2 aliphatic rings. The summed E-state index contributed by atoms with van der Waals surface area (Å²) in [5.41, 5.74) is 5.85. The van der Waals surface area contributed by atoms with Gasteiger partial charge in [0.1, 0.15) is 12.6 Å². The molecule has 6 heteroatoms. The number of hydrogen-bond donors (Lipinski definition) is 1. The Hall–Kier alpha value is -3.64. The lowest BCUT2D eigenvalue weighted by Gasteiger charge is -2.22. The van der Waals surface area contributed by atoms with Crippen molar-refractivity contribution in [1.29, 1.82) is 0 Å². The van der Waals surface area contributed by atoms with Crippen molar-refractivity contribution in [2.24, 2.45) is 0 Å². The molecule has 1 aliphatic carbocycles. The number of aliphatic carboxylic acids is 1. The predicted molar refractivity (Wildman–Crippen MR) is 137 cm³/mol. The number of ether oxygens (including phenoxy) is 2. The highest BCUT2D eigenvalue weighted by atomic mass is 16.6. The molecule has 0 radical (unpaired) electrons. The van der Waals surface area contributed by atoms with Gasteiger partial charge in [-0.2, -0.15) is 0 Å². The van der Waals surface area contributed by atoms with Crippen molar-refractivity contribution in [2.45, 2.75) is 43.7 Å². The van der Waals surface area contributed by atoms with Crippen molar-refractivity contribution in [3.63, 3.8) is 0 Å². The number of benzene rings is 3. The summed E-state index contributed by atoms with van der Waals surface area (Å²) in [6, 6.07) is 25.6. The minimum Gasteiger partial charge on any atom is -0.480 e. The largest absolute Gasteiger partial charge is 0.480 e. The van der Waals surface area contributed by atoms with Gasteiger partial charge in [-0.3, -0.25) is 4.90 Å². The number of carbonyl (C=O) groups is 2. The standard InChI is InChI=1S/C30H31NO5/c32-29(33)28-18-22(35-17-9-8-12-21-10-2-1-3-11-21)19-31(28)30(34)36-20-27-25-15-6-4-13-23(25)24-14-5-7-16-26(24)27/h1-7,10-11,13-16,22,27-28H,8-9,12,17-20H2,(H,32,33)/t22-,28+/m1/s1. The summed E-state index contributed by atoms with van der Waals surface area (Å²) in [7, 11) is 0. The Morgan fingerprint density at radius 2 is 1.50 bits per heavy atom. The molecular weight excluding hydrogens is 454 g/mol. The summed E-state index contributed by atoms with van der Waals surface area (Å²) in [6.07, 6.45) is 2.24. The van der Waals surface area contributed by atoms with Crippen molar-refractivity contribution < 1.29 is 24.2 Å². The number of carboxylic acid groups (broad SMARTS) is 1. The number of carboxylic acids is 1. The van der Waals surface area contributed by atoms with Crippen LogP contribution in [0.4, 0.5) is 4.79 Å². The first-order valence-electron chi connectivity index (χ1n) is 12.6. The van der Waals surface area contributed by atoms with Gasteiger partial charge in [0.2, 0.25) is 0 Å². The van der Waals surface area contributed by atoms with E-state index >= 15 is 0 Å². The topological polar surface area (TPSA) is 76.1 Å². The lowest BCUT2D eigenvalue weighted by molar-refractivity contribution is -0.141. The first kappa shape index (κ1) is 24.1. The Bertz CT molecular complexity index is 1170. The molecule has 0 aromatic heterocycles. The zero-order valence-electron chi connectivity index (χ0n) is 20.2. The van der Waals surface area contributed by atoms with Crippen LogP contribution in [0.15, 0.2) is 78.9 Å².